The van der Waals surface area contributed by atoms with E-state index in [1.807, 2.05) is 62.4 Å². The second-order valence-electron chi connectivity index (χ2n) is 6.75. The molecule has 0 bridgehead atoms. The molecule has 0 aliphatic carbocycles. The molecule has 2 rings (SSSR count). The Morgan fingerprint density at radius 1 is 0.692 bits per heavy atom. The molecule has 0 heterocycles. The summed E-state index contributed by atoms with van der Waals surface area (Å²) >= 11 is 0. The zero-order valence-corrected chi connectivity index (χ0v) is 15.6. The Labute approximate surface area is 155 Å². The number of hydrogen-bond donors (Lipinski definition) is 2. The Hall–Kier alpha value is -2.30. The third-order valence-corrected chi connectivity index (χ3v) is 4.69. The molecule has 26 heavy (non-hydrogen) atoms. The van der Waals surface area contributed by atoms with Gasteiger partial charge in [-0.1, -0.05) is 62.4 Å². The Morgan fingerprint density at radius 3 is 1.27 bits per heavy atom. The van der Waals surface area contributed by atoms with Crippen LogP contribution in [0.2, 0.25) is 0 Å². The molecule has 0 fully saturated rings. The van der Waals surface area contributed by atoms with Crippen molar-refractivity contribution in [2.45, 2.75) is 51.6 Å². The molecule has 4 heteroatoms. The van der Waals surface area contributed by atoms with Gasteiger partial charge < -0.3 is 11.5 Å². The molecule has 0 spiro atoms. The van der Waals surface area contributed by atoms with E-state index in [0.29, 0.717) is 24.0 Å². The van der Waals surface area contributed by atoms with Gasteiger partial charge in [0.1, 0.15) is 0 Å². The topological polar surface area (TPSA) is 86.2 Å². The first-order chi connectivity index (χ1) is 12.4. The highest BCUT2D eigenvalue weighted by Crippen LogP contribution is 2.22. The van der Waals surface area contributed by atoms with Crippen LogP contribution in [-0.2, 0) is 0 Å². The van der Waals surface area contributed by atoms with Crippen molar-refractivity contribution in [3.63, 3.8) is 0 Å². The summed E-state index contributed by atoms with van der Waals surface area (Å²) in [6, 6.07) is 14.9. The summed E-state index contributed by atoms with van der Waals surface area (Å²) < 4.78 is 0. The normalized spacial score (nSPS) is 13.2. The summed E-state index contributed by atoms with van der Waals surface area (Å²) in [4.78, 5) is 24.3. The first kappa shape index (κ1) is 20.0. The number of rotatable bonds is 9. The van der Waals surface area contributed by atoms with Gasteiger partial charge in [-0.05, 0) is 24.0 Å². The molecule has 0 saturated carbocycles. The third-order valence-electron chi connectivity index (χ3n) is 4.69. The maximum absolute atomic E-state index is 12.2. The lowest BCUT2D eigenvalue weighted by Crippen LogP contribution is -2.22. The molecule has 2 aromatic rings. The minimum Gasteiger partial charge on any atom is -0.327 e. The molecule has 4 nitrogen and oxygen atoms in total. The van der Waals surface area contributed by atoms with Gasteiger partial charge in [-0.3, -0.25) is 9.59 Å². The number of benzene rings is 2. The van der Waals surface area contributed by atoms with Crippen LogP contribution < -0.4 is 11.5 Å². The molecule has 138 valence electrons. The summed E-state index contributed by atoms with van der Waals surface area (Å²) in [5.41, 5.74) is 15.1. The minimum atomic E-state index is -0.0897. The van der Waals surface area contributed by atoms with Crippen LogP contribution in [0.1, 0.15) is 60.2 Å². The van der Waals surface area contributed by atoms with Crippen LogP contribution in [-0.4, -0.2) is 23.7 Å². The molecule has 0 aliphatic rings. The number of hydrogen-bond acceptors (Lipinski definition) is 4. The van der Waals surface area contributed by atoms with Gasteiger partial charge in [0.25, 0.3) is 0 Å². The first-order valence-electron chi connectivity index (χ1n) is 9.22. The fourth-order valence-electron chi connectivity index (χ4n) is 2.70. The maximum Gasteiger partial charge on any atom is 0.164 e. The molecule has 2 unspecified atom stereocenters. The summed E-state index contributed by atoms with van der Waals surface area (Å²) in [6.07, 6.45) is 2.31. The Bertz CT molecular complexity index is 670. The summed E-state index contributed by atoms with van der Waals surface area (Å²) in [5.74, 6) is 0.137. The fourth-order valence-corrected chi connectivity index (χ4v) is 2.70. The molecule has 2 aromatic carbocycles. The number of Topliss-reactive ketones (excluding diaryl/α,β-unsaturated/α-hetero) is 2. The van der Waals surface area contributed by atoms with E-state index in [-0.39, 0.29) is 23.7 Å². The Morgan fingerprint density at radius 2 is 1.00 bits per heavy atom. The first-order valence-corrected chi connectivity index (χ1v) is 9.22. The Balaban J connectivity index is 2.07. The van der Waals surface area contributed by atoms with E-state index < -0.39 is 0 Å². The van der Waals surface area contributed by atoms with Gasteiger partial charge in [-0.15, -0.1) is 0 Å². The van der Waals surface area contributed by atoms with Crippen LogP contribution in [0.25, 0.3) is 11.1 Å². The average Bonchev–Trinajstić information content (AvgIpc) is 2.67. The molecule has 0 aliphatic heterocycles. The average molecular weight is 352 g/mol. The van der Waals surface area contributed by atoms with Crippen molar-refractivity contribution in [2.75, 3.05) is 0 Å². The monoisotopic (exact) mass is 352 g/mol. The molecule has 0 saturated heterocycles. The molecule has 2 atom stereocenters. The van der Waals surface area contributed by atoms with Crippen molar-refractivity contribution in [1.82, 2.24) is 0 Å². The quantitative estimate of drug-likeness (QED) is 0.669. The van der Waals surface area contributed by atoms with Gasteiger partial charge in [0.15, 0.2) is 11.6 Å². The maximum atomic E-state index is 12.2. The predicted octanol–water partition coefficient (Wildman–Crippen LogP) is 3.97. The predicted molar refractivity (Wildman–Crippen MR) is 106 cm³/mol. The molecule has 0 amide bonds. The second kappa shape index (κ2) is 9.41. The zero-order valence-electron chi connectivity index (χ0n) is 15.6. The molecular weight excluding hydrogens is 324 g/mol. The van der Waals surface area contributed by atoms with Gasteiger partial charge in [-0.25, -0.2) is 0 Å². The van der Waals surface area contributed by atoms with Crippen molar-refractivity contribution in [3.8, 4) is 11.1 Å². The van der Waals surface area contributed by atoms with Crippen molar-refractivity contribution in [3.05, 3.63) is 59.7 Å². The van der Waals surface area contributed by atoms with Gasteiger partial charge >= 0.3 is 0 Å². The van der Waals surface area contributed by atoms with Crippen molar-refractivity contribution >= 4 is 11.6 Å². The van der Waals surface area contributed by atoms with E-state index >= 15 is 0 Å². The number of nitrogens with two attached hydrogens (primary N) is 2. The Kier molecular flexibility index (Phi) is 7.25. The molecule has 0 radical (unpaired) electrons. The zero-order chi connectivity index (χ0) is 19.1. The van der Waals surface area contributed by atoms with Crippen LogP contribution in [0.4, 0.5) is 0 Å². The molecular formula is C22H28N2O2. The lowest BCUT2D eigenvalue weighted by atomic mass is 9.97. The van der Waals surface area contributed by atoms with Gasteiger partial charge in [-0.2, -0.15) is 0 Å². The smallest absolute Gasteiger partial charge is 0.164 e. The van der Waals surface area contributed by atoms with E-state index in [0.717, 1.165) is 24.0 Å². The summed E-state index contributed by atoms with van der Waals surface area (Å²) in [5, 5.41) is 0. The standard InChI is InChI=1S/C22H28N2O2/c1-3-19(23)13-21(25)17-9-5-15(6-10-17)16-7-11-18(12-8-16)22(26)14-20(24)4-2/h5-12,19-20H,3-4,13-14,23-24H2,1-2H3. The number of carbonyl (C=O) groups excluding carboxylic acids is 2. The van der Waals surface area contributed by atoms with E-state index in [4.69, 9.17) is 11.5 Å². The molecule has 4 N–H and O–H groups in total. The van der Waals surface area contributed by atoms with Crippen LogP contribution in [0.3, 0.4) is 0 Å². The van der Waals surface area contributed by atoms with E-state index in [1.54, 1.807) is 0 Å². The lowest BCUT2D eigenvalue weighted by Gasteiger charge is -2.09. The van der Waals surface area contributed by atoms with Crippen molar-refractivity contribution < 1.29 is 9.59 Å². The highest BCUT2D eigenvalue weighted by molar-refractivity contribution is 5.97. The SMILES string of the molecule is CCC(N)CC(=O)c1ccc(-c2ccc(C(=O)CC(N)CC)cc2)cc1. The van der Waals surface area contributed by atoms with Gasteiger partial charge in [0.2, 0.25) is 0 Å². The fraction of sp³-hybridized carbons (Fsp3) is 0.364. The summed E-state index contributed by atoms with van der Waals surface area (Å²) in [7, 11) is 0. The third kappa shape index (κ3) is 5.35. The largest absolute Gasteiger partial charge is 0.327 e. The van der Waals surface area contributed by atoms with Crippen LogP contribution in [0.5, 0.6) is 0 Å². The minimum absolute atomic E-state index is 0.0686. The summed E-state index contributed by atoms with van der Waals surface area (Å²) in [6.45, 7) is 3.96. The number of carbonyl (C=O) groups is 2. The highest BCUT2D eigenvalue weighted by atomic mass is 16.1. The van der Waals surface area contributed by atoms with E-state index in [2.05, 4.69) is 0 Å². The van der Waals surface area contributed by atoms with Crippen LogP contribution in [0.15, 0.2) is 48.5 Å². The lowest BCUT2D eigenvalue weighted by molar-refractivity contribution is 0.0965. The van der Waals surface area contributed by atoms with E-state index in [9.17, 15) is 9.59 Å². The van der Waals surface area contributed by atoms with Gasteiger partial charge in [0, 0.05) is 36.1 Å². The van der Waals surface area contributed by atoms with Gasteiger partial charge in [0.05, 0.1) is 0 Å². The second-order valence-corrected chi connectivity index (χ2v) is 6.75. The van der Waals surface area contributed by atoms with Crippen LogP contribution >= 0.6 is 0 Å². The highest BCUT2D eigenvalue weighted by Gasteiger charge is 2.12. The van der Waals surface area contributed by atoms with Crippen molar-refractivity contribution in [1.29, 1.82) is 0 Å². The van der Waals surface area contributed by atoms with E-state index in [1.165, 1.54) is 0 Å². The molecule has 0 aromatic heterocycles. The van der Waals surface area contributed by atoms with Crippen LogP contribution in [0, 0.1) is 0 Å². The van der Waals surface area contributed by atoms with Crippen molar-refractivity contribution in [2.24, 2.45) is 11.5 Å². The number of ketones is 2.